The van der Waals surface area contributed by atoms with Crippen molar-refractivity contribution in [3.05, 3.63) is 18.0 Å². The van der Waals surface area contributed by atoms with Crippen molar-refractivity contribution in [3.63, 3.8) is 0 Å². The lowest BCUT2D eigenvalue weighted by Gasteiger charge is -2.29. The van der Waals surface area contributed by atoms with Crippen molar-refractivity contribution in [1.29, 1.82) is 0 Å². The van der Waals surface area contributed by atoms with Crippen LogP contribution in [-0.4, -0.2) is 71.8 Å². The first kappa shape index (κ1) is 13.0. The number of hydrogen-bond donors (Lipinski definition) is 1. The Hall–Kier alpha value is -1.40. The molecule has 1 aliphatic heterocycles. The molecule has 0 atom stereocenters. The van der Waals surface area contributed by atoms with Gasteiger partial charge in [0.1, 0.15) is 0 Å². The van der Waals surface area contributed by atoms with Gasteiger partial charge in [-0.05, 0) is 0 Å². The molecule has 1 fully saturated rings. The first-order valence-corrected chi connectivity index (χ1v) is 6.34. The number of piperazine rings is 1. The quantitative estimate of drug-likeness (QED) is 0.776. The van der Waals surface area contributed by atoms with E-state index in [2.05, 4.69) is 15.3 Å². The molecule has 1 N–H and O–H groups in total. The van der Waals surface area contributed by atoms with Crippen LogP contribution in [0, 0.1) is 0 Å². The van der Waals surface area contributed by atoms with Crippen LogP contribution in [0.15, 0.2) is 12.4 Å². The number of nitrogens with zero attached hydrogens (tertiary/aromatic N) is 4. The summed E-state index contributed by atoms with van der Waals surface area (Å²) < 4.78 is 1.65. The van der Waals surface area contributed by atoms with E-state index in [1.807, 2.05) is 14.1 Å². The van der Waals surface area contributed by atoms with Gasteiger partial charge < -0.3 is 10.2 Å². The molecule has 6 nitrogen and oxygen atoms in total. The van der Waals surface area contributed by atoms with E-state index in [1.165, 1.54) is 0 Å². The number of amides is 1. The number of hydrogen-bond acceptors (Lipinski definition) is 4. The van der Waals surface area contributed by atoms with Gasteiger partial charge in [-0.15, -0.1) is 0 Å². The molecule has 0 radical (unpaired) electrons. The molecule has 0 aliphatic carbocycles. The Kier molecular flexibility index (Phi) is 4.33. The Morgan fingerprint density at radius 3 is 2.83 bits per heavy atom. The van der Waals surface area contributed by atoms with Crippen molar-refractivity contribution in [3.8, 4) is 0 Å². The third kappa shape index (κ3) is 3.30. The second-order valence-electron chi connectivity index (χ2n) is 4.72. The summed E-state index contributed by atoms with van der Waals surface area (Å²) in [6.07, 6.45) is 3.37. The third-order valence-electron chi connectivity index (χ3n) is 3.26. The van der Waals surface area contributed by atoms with E-state index in [4.69, 9.17) is 0 Å². The lowest BCUT2D eigenvalue weighted by molar-refractivity contribution is 0.0775. The molecular formula is C12H21N5O. The standard InChI is InChI=1S/C12H21N5O/c1-15(7-8-17-5-3-13-4-6-17)12(18)11-9-14-16(2)10-11/h9-10,13H,3-8H2,1-2H3. The van der Waals surface area contributed by atoms with E-state index in [-0.39, 0.29) is 5.91 Å². The zero-order valence-corrected chi connectivity index (χ0v) is 11.1. The van der Waals surface area contributed by atoms with Gasteiger partial charge in [-0.25, -0.2) is 0 Å². The van der Waals surface area contributed by atoms with Crippen LogP contribution in [0.4, 0.5) is 0 Å². The topological polar surface area (TPSA) is 53.4 Å². The zero-order chi connectivity index (χ0) is 13.0. The third-order valence-corrected chi connectivity index (χ3v) is 3.26. The minimum absolute atomic E-state index is 0.0400. The molecule has 0 unspecified atom stereocenters. The first-order valence-electron chi connectivity index (χ1n) is 6.34. The van der Waals surface area contributed by atoms with Crippen LogP contribution >= 0.6 is 0 Å². The molecule has 0 spiro atoms. The number of nitrogens with one attached hydrogen (secondary N) is 1. The van der Waals surface area contributed by atoms with E-state index in [9.17, 15) is 4.79 Å². The Morgan fingerprint density at radius 1 is 1.50 bits per heavy atom. The van der Waals surface area contributed by atoms with E-state index in [0.717, 1.165) is 39.3 Å². The van der Waals surface area contributed by atoms with Crippen molar-refractivity contribution in [2.24, 2.45) is 7.05 Å². The molecule has 2 heterocycles. The molecule has 1 aliphatic rings. The molecule has 1 aromatic rings. The summed E-state index contributed by atoms with van der Waals surface area (Å²) in [6.45, 7) is 5.91. The molecule has 1 amide bonds. The average Bonchev–Trinajstić information content (AvgIpc) is 2.83. The van der Waals surface area contributed by atoms with Crippen LogP contribution in [0.1, 0.15) is 10.4 Å². The summed E-state index contributed by atoms with van der Waals surface area (Å²) in [5.74, 6) is 0.0400. The predicted octanol–water partition coefficient (Wildman–Crippen LogP) is -0.603. The van der Waals surface area contributed by atoms with Gasteiger partial charge >= 0.3 is 0 Å². The normalized spacial score (nSPS) is 16.8. The largest absolute Gasteiger partial charge is 0.340 e. The summed E-state index contributed by atoms with van der Waals surface area (Å²) >= 11 is 0. The number of aromatic nitrogens is 2. The fourth-order valence-electron chi connectivity index (χ4n) is 2.08. The Morgan fingerprint density at radius 2 is 2.22 bits per heavy atom. The highest BCUT2D eigenvalue weighted by molar-refractivity contribution is 5.93. The maximum absolute atomic E-state index is 12.1. The number of rotatable bonds is 4. The van der Waals surface area contributed by atoms with Gasteiger partial charge in [0.25, 0.3) is 5.91 Å². The number of carbonyl (C=O) groups is 1. The SMILES string of the molecule is CN(CCN1CCNCC1)C(=O)c1cnn(C)c1. The molecule has 1 aromatic heterocycles. The van der Waals surface area contributed by atoms with Crippen molar-refractivity contribution in [2.75, 3.05) is 46.3 Å². The Labute approximate surface area is 108 Å². The second kappa shape index (κ2) is 5.97. The molecule has 0 aromatic carbocycles. The van der Waals surface area contributed by atoms with Crippen molar-refractivity contribution < 1.29 is 4.79 Å². The highest BCUT2D eigenvalue weighted by atomic mass is 16.2. The van der Waals surface area contributed by atoms with Gasteiger partial charge in [0.15, 0.2) is 0 Å². The van der Waals surface area contributed by atoms with Gasteiger partial charge in [-0.3, -0.25) is 14.4 Å². The Bertz CT molecular complexity index is 397. The van der Waals surface area contributed by atoms with Gasteiger partial charge in [0.2, 0.25) is 0 Å². The van der Waals surface area contributed by atoms with Crippen molar-refractivity contribution >= 4 is 5.91 Å². The van der Waals surface area contributed by atoms with E-state index < -0.39 is 0 Å². The van der Waals surface area contributed by atoms with Crippen molar-refractivity contribution in [2.45, 2.75) is 0 Å². The summed E-state index contributed by atoms with van der Waals surface area (Å²) in [6, 6.07) is 0. The molecule has 18 heavy (non-hydrogen) atoms. The molecule has 0 saturated carbocycles. The lowest BCUT2D eigenvalue weighted by Crippen LogP contribution is -2.46. The van der Waals surface area contributed by atoms with Crippen LogP contribution in [-0.2, 0) is 7.05 Å². The minimum atomic E-state index is 0.0400. The maximum atomic E-state index is 12.1. The monoisotopic (exact) mass is 251 g/mol. The van der Waals surface area contributed by atoms with Gasteiger partial charge in [-0.1, -0.05) is 0 Å². The number of carbonyl (C=O) groups excluding carboxylic acids is 1. The summed E-state index contributed by atoms with van der Waals surface area (Å²) in [4.78, 5) is 16.2. The molecule has 100 valence electrons. The molecular weight excluding hydrogens is 230 g/mol. The predicted molar refractivity (Wildman–Crippen MR) is 69.5 cm³/mol. The fraction of sp³-hybridized carbons (Fsp3) is 0.667. The van der Waals surface area contributed by atoms with E-state index in [0.29, 0.717) is 5.56 Å². The highest BCUT2D eigenvalue weighted by Gasteiger charge is 2.15. The van der Waals surface area contributed by atoms with Crippen LogP contribution in [0.2, 0.25) is 0 Å². The maximum Gasteiger partial charge on any atom is 0.256 e. The van der Waals surface area contributed by atoms with Gasteiger partial charge in [0, 0.05) is 59.6 Å². The number of aryl methyl sites for hydroxylation is 1. The van der Waals surface area contributed by atoms with Crippen LogP contribution < -0.4 is 5.32 Å². The van der Waals surface area contributed by atoms with Crippen LogP contribution in [0.3, 0.4) is 0 Å². The van der Waals surface area contributed by atoms with E-state index >= 15 is 0 Å². The van der Waals surface area contributed by atoms with Crippen molar-refractivity contribution in [1.82, 2.24) is 24.9 Å². The summed E-state index contributed by atoms with van der Waals surface area (Å²) in [5.41, 5.74) is 0.653. The minimum Gasteiger partial charge on any atom is -0.340 e. The Balaban J connectivity index is 1.80. The van der Waals surface area contributed by atoms with Crippen LogP contribution in [0.25, 0.3) is 0 Å². The fourth-order valence-corrected chi connectivity index (χ4v) is 2.08. The summed E-state index contributed by atoms with van der Waals surface area (Å²) in [7, 11) is 3.66. The molecule has 2 rings (SSSR count). The first-order chi connectivity index (χ1) is 8.66. The van der Waals surface area contributed by atoms with Crippen LogP contribution in [0.5, 0.6) is 0 Å². The number of likely N-dealkylation sites (N-methyl/N-ethyl adjacent to an activating group) is 1. The molecule has 1 saturated heterocycles. The lowest BCUT2D eigenvalue weighted by atomic mass is 10.3. The smallest absolute Gasteiger partial charge is 0.256 e. The highest BCUT2D eigenvalue weighted by Crippen LogP contribution is 2.02. The second-order valence-corrected chi connectivity index (χ2v) is 4.72. The van der Waals surface area contributed by atoms with E-state index in [1.54, 1.807) is 22.0 Å². The molecule has 6 heteroatoms. The van der Waals surface area contributed by atoms with Gasteiger partial charge in [-0.2, -0.15) is 5.10 Å². The van der Waals surface area contributed by atoms with Gasteiger partial charge in [0.05, 0.1) is 11.8 Å². The molecule has 0 bridgehead atoms. The average molecular weight is 251 g/mol. The zero-order valence-electron chi connectivity index (χ0n) is 11.1. The summed E-state index contributed by atoms with van der Waals surface area (Å²) in [5, 5.41) is 7.34.